The largest absolute Gasteiger partial charge is 0.454 e. The number of hydrogen-bond acceptors (Lipinski definition) is 4. The lowest BCUT2D eigenvalue weighted by atomic mass is 10.2. The van der Waals surface area contributed by atoms with Crippen LogP contribution in [0.2, 0.25) is 0 Å². The maximum absolute atomic E-state index is 11.7. The van der Waals surface area contributed by atoms with Gasteiger partial charge in [-0.05, 0) is 25.0 Å². The molecule has 1 aliphatic heterocycles. The minimum absolute atomic E-state index is 0.00590. The van der Waals surface area contributed by atoms with Crippen LogP contribution in [0.5, 0.6) is 11.5 Å². The Morgan fingerprint density at radius 2 is 2.00 bits per heavy atom. The van der Waals surface area contributed by atoms with Gasteiger partial charge < -0.3 is 20.1 Å². The molecular formula is C14H20N2O3. The second kappa shape index (κ2) is 6.31. The number of anilines is 1. The molecule has 0 aromatic heterocycles. The maximum Gasteiger partial charge on any atom is 0.239 e. The number of nitrogens with one attached hydrogen (secondary N) is 2. The first kappa shape index (κ1) is 13.5. The van der Waals surface area contributed by atoms with Gasteiger partial charge in [0.2, 0.25) is 12.7 Å². The zero-order chi connectivity index (χ0) is 13.7. The van der Waals surface area contributed by atoms with Crippen molar-refractivity contribution < 1.29 is 14.3 Å². The number of ether oxygens (including phenoxy) is 2. The molecule has 0 unspecified atom stereocenters. The molecule has 0 spiro atoms. The summed E-state index contributed by atoms with van der Waals surface area (Å²) in [5, 5.41) is 6.06. The lowest BCUT2D eigenvalue weighted by Gasteiger charge is -2.15. The van der Waals surface area contributed by atoms with Crippen molar-refractivity contribution >= 4 is 11.6 Å². The van der Waals surface area contributed by atoms with Gasteiger partial charge in [0.1, 0.15) is 0 Å². The van der Waals surface area contributed by atoms with Crippen LogP contribution in [-0.2, 0) is 4.79 Å². The van der Waals surface area contributed by atoms with Crippen LogP contribution in [0, 0.1) is 0 Å². The minimum atomic E-state index is 0.00590. The van der Waals surface area contributed by atoms with Crippen LogP contribution in [0.15, 0.2) is 18.2 Å². The quantitative estimate of drug-likeness (QED) is 0.826. The first-order valence-corrected chi connectivity index (χ1v) is 6.65. The Morgan fingerprint density at radius 3 is 2.74 bits per heavy atom. The number of carbonyl (C=O) groups is 1. The molecule has 5 nitrogen and oxygen atoms in total. The van der Waals surface area contributed by atoms with Gasteiger partial charge in [-0.15, -0.1) is 0 Å². The number of fused-ring (bicyclic) bond motifs is 1. The Kier molecular flexibility index (Phi) is 4.49. The molecule has 0 radical (unpaired) electrons. The van der Waals surface area contributed by atoms with Gasteiger partial charge in [0.15, 0.2) is 11.5 Å². The van der Waals surface area contributed by atoms with Crippen molar-refractivity contribution in [2.24, 2.45) is 0 Å². The number of benzene rings is 1. The standard InChI is InChI=1S/C14H20N2O3/c1-3-10(4-2)16-14(17)8-15-11-5-6-12-13(7-11)19-9-18-12/h5-7,10,15H,3-4,8-9H2,1-2H3,(H,16,17). The van der Waals surface area contributed by atoms with Crippen LogP contribution >= 0.6 is 0 Å². The molecule has 0 saturated heterocycles. The summed E-state index contributed by atoms with van der Waals surface area (Å²) < 4.78 is 10.5. The van der Waals surface area contributed by atoms with Crippen molar-refractivity contribution in [1.29, 1.82) is 0 Å². The minimum Gasteiger partial charge on any atom is -0.454 e. The first-order valence-electron chi connectivity index (χ1n) is 6.65. The monoisotopic (exact) mass is 264 g/mol. The third-order valence-corrected chi connectivity index (χ3v) is 3.18. The third-order valence-electron chi connectivity index (χ3n) is 3.18. The summed E-state index contributed by atoms with van der Waals surface area (Å²) in [4.78, 5) is 11.7. The molecule has 2 N–H and O–H groups in total. The van der Waals surface area contributed by atoms with Crippen LogP contribution in [0.1, 0.15) is 26.7 Å². The predicted octanol–water partition coefficient (Wildman–Crippen LogP) is 2.13. The van der Waals surface area contributed by atoms with Gasteiger partial charge in [-0.1, -0.05) is 13.8 Å². The SMILES string of the molecule is CCC(CC)NC(=O)CNc1ccc2c(c1)OCO2. The Labute approximate surface area is 113 Å². The molecule has 0 atom stereocenters. The molecule has 0 aliphatic carbocycles. The van der Waals surface area contributed by atoms with Crippen molar-refractivity contribution in [3.63, 3.8) is 0 Å². The summed E-state index contributed by atoms with van der Waals surface area (Å²) in [6.07, 6.45) is 1.90. The van der Waals surface area contributed by atoms with E-state index in [1.807, 2.05) is 18.2 Å². The lowest BCUT2D eigenvalue weighted by molar-refractivity contribution is -0.120. The van der Waals surface area contributed by atoms with Crippen LogP contribution in [0.25, 0.3) is 0 Å². The molecule has 0 fully saturated rings. The fraction of sp³-hybridized carbons (Fsp3) is 0.500. The van der Waals surface area contributed by atoms with Crippen LogP contribution in [-0.4, -0.2) is 25.3 Å². The molecule has 1 aromatic carbocycles. The van der Waals surface area contributed by atoms with Gasteiger partial charge in [0, 0.05) is 17.8 Å². The van der Waals surface area contributed by atoms with Crippen molar-refractivity contribution in [2.75, 3.05) is 18.7 Å². The zero-order valence-electron chi connectivity index (χ0n) is 11.4. The van der Waals surface area contributed by atoms with Gasteiger partial charge in [0.25, 0.3) is 0 Å². The summed E-state index contributed by atoms with van der Waals surface area (Å²) in [6, 6.07) is 5.81. The highest BCUT2D eigenvalue weighted by Crippen LogP contribution is 2.34. The molecule has 5 heteroatoms. The van der Waals surface area contributed by atoms with Crippen molar-refractivity contribution in [1.82, 2.24) is 5.32 Å². The van der Waals surface area contributed by atoms with E-state index in [2.05, 4.69) is 24.5 Å². The Hall–Kier alpha value is -1.91. The van der Waals surface area contributed by atoms with E-state index in [0.29, 0.717) is 5.75 Å². The predicted molar refractivity (Wildman–Crippen MR) is 73.6 cm³/mol. The molecule has 0 bridgehead atoms. The molecule has 104 valence electrons. The molecule has 1 heterocycles. The lowest BCUT2D eigenvalue weighted by Crippen LogP contribution is -2.37. The highest BCUT2D eigenvalue weighted by molar-refractivity contribution is 5.81. The molecule has 1 amide bonds. The van der Waals surface area contributed by atoms with E-state index in [1.54, 1.807) is 0 Å². The average Bonchev–Trinajstić information content (AvgIpc) is 2.89. The average molecular weight is 264 g/mol. The molecular weight excluding hydrogens is 244 g/mol. The summed E-state index contributed by atoms with van der Waals surface area (Å²) in [5.41, 5.74) is 0.851. The fourth-order valence-electron chi connectivity index (χ4n) is 1.96. The molecule has 1 aromatic rings. The van der Waals surface area contributed by atoms with Gasteiger partial charge in [-0.25, -0.2) is 0 Å². The highest BCUT2D eigenvalue weighted by atomic mass is 16.7. The zero-order valence-corrected chi connectivity index (χ0v) is 11.4. The fourth-order valence-corrected chi connectivity index (χ4v) is 1.96. The van der Waals surface area contributed by atoms with E-state index >= 15 is 0 Å². The highest BCUT2D eigenvalue weighted by Gasteiger charge is 2.13. The Morgan fingerprint density at radius 1 is 1.26 bits per heavy atom. The smallest absolute Gasteiger partial charge is 0.239 e. The number of amides is 1. The van der Waals surface area contributed by atoms with E-state index in [0.717, 1.165) is 24.3 Å². The first-order chi connectivity index (χ1) is 9.22. The van der Waals surface area contributed by atoms with Crippen molar-refractivity contribution in [3.8, 4) is 11.5 Å². The number of rotatable bonds is 6. The van der Waals surface area contributed by atoms with Gasteiger partial charge in [-0.2, -0.15) is 0 Å². The van der Waals surface area contributed by atoms with Gasteiger partial charge >= 0.3 is 0 Å². The van der Waals surface area contributed by atoms with E-state index in [4.69, 9.17) is 9.47 Å². The van der Waals surface area contributed by atoms with Crippen molar-refractivity contribution in [2.45, 2.75) is 32.7 Å². The van der Waals surface area contributed by atoms with Crippen LogP contribution < -0.4 is 20.1 Å². The summed E-state index contributed by atoms with van der Waals surface area (Å²) in [7, 11) is 0. The topological polar surface area (TPSA) is 59.6 Å². The third kappa shape index (κ3) is 3.53. The molecule has 19 heavy (non-hydrogen) atoms. The second-order valence-electron chi connectivity index (χ2n) is 4.50. The molecule has 1 aliphatic rings. The van der Waals surface area contributed by atoms with E-state index in [9.17, 15) is 4.79 Å². The molecule has 2 rings (SSSR count). The summed E-state index contributed by atoms with van der Waals surface area (Å²) >= 11 is 0. The van der Waals surface area contributed by atoms with E-state index in [-0.39, 0.29) is 25.3 Å². The molecule has 0 saturated carbocycles. The van der Waals surface area contributed by atoms with Crippen LogP contribution in [0.4, 0.5) is 5.69 Å². The summed E-state index contributed by atoms with van der Waals surface area (Å²) in [5.74, 6) is 1.46. The number of carbonyl (C=O) groups excluding carboxylic acids is 1. The number of hydrogen-bond donors (Lipinski definition) is 2. The normalized spacial score (nSPS) is 12.6. The Bertz CT molecular complexity index is 444. The second-order valence-corrected chi connectivity index (χ2v) is 4.50. The van der Waals surface area contributed by atoms with Gasteiger partial charge in [0.05, 0.1) is 6.54 Å². The van der Waals surface area contributed by atoms with Gasteiger partial charge in [-0.3, -0.25) is 4.79 Å². The van der Waals surface area contributed by atoms with E-state index < -0.39 is 0 Å². The van der Waals surface area contributed by atoms with Crippen molar-refractivity contribution in [3.05, 3.63) is 18.2 Å². The van der Waals surface area contributed by atoms with E-state index in [1.165, 1.54) is 0 Å². The summed E-state index contributed by atoms with van der Waals surface area (Å²) in [6.45, 7) is 4.66. The Balaban J connectivity index is 1.83. The maximum atomic E-state index is 11.7. The van der Waals surface area contributed by atoms with Crippen LogP contribution in [0.3, 0.4) is 0 Å².